The molecule has 0 spiro atoms. The number of carbonyl (C=O) groups is 1. The quantitative estimate of drug-likeness (QED) is 0.728. The molecule has 0 fully saturated rings. The lowest BCUT2D eigenvalue weighted by Gasteiger charge is -2.06. The van der Waals surface area contributed by atoms with Crippen molar-refractivity contribution in [2.75, 3.05) is 10.6 Å². The summed E-state index contributed by atoms with van der Waals surface area (Å²) >= 11 is 1.56. The van der Waals surface area contributed by atoms with Crippen molar-refractivity contribution in [3.8, 4) is 0 Å². The molecule has 3 heterocycles. The minimum atomic E-state index is -0.0979. The van der Waals surface area contributed by atoms with Gasteiger partial charge in [0.1, 0.15) is 5.82 Å². The Balaban J connectivity index is 1.51. The fourth-order valence-electron chi connectivity index (χ4n) is 1.94. The molecule has 6 nitrogen and oxygen atoms in total. The number of anilines is 2. The van der Waals surface area contributed by atoms with Gasteiger partial charge in [0.05, 0.1) is 6.42 Å². The standard InChI is InChI=1S/C16H15N5OS/c22-16(10-13-2-1-9-23-13)19-15-4-3-14(20-21-15)18-11-12-5-7-17-8-6-12/h1-9H,10-11H2,(H,18,20)(H,19,21,22). The van der Waals surface area contributed by atoms with Crippen molar-refractivity contribution in [1.29, 1.82) is 0 Å². The maximum absolute atomic E-state index is 11.9. The highest BCUT2D eigenvalue weighted by molar-refractivity contribution is 7.10. The Morgan fingerprint density at radius 2 is 1.83 bits per heavy atom. The Hall–Kier alpha value is -2.80. The molecule has 0 radical (unpaired) electrons. The highest BCUT2D eigenvalue weighted by atomic mass is 32.1. The Kier molecular flexibility index (Phi) is 4.90. The molecule has 0 atom stereocenters. The second-order valence-electron chi connectivity index (χ2n) is 4.82. The van der Waals surface area contributed by atoms with Crippen LogP contribution in [0.2, 0.25) is 0 Å². The summed E-state index contributed by atoms with van der Waals surface area (Å²) in [7, 11) is 0. The van der Waals surface area contributed by atoms with Crippen molar-refractivity contribution >= 4 is 28.9 Å². The Labute approximate surface area is 137 Å². The number of hydrogen-bond donors (Lipinski definition) is 2. The summed E-state index contributed by atoms with van der Waals surface area (Å²) in [5, 5.41) is 15.9. The minimum Gasteiger partial charge on any atom is -0.365 e. The number of pyridine rings is 1. The minimum absolute atomic E-state index is 0.0979. The van der Waals surface area contributed by atoms with Gasteiger partial charge in [-0.05, 0) is 41.3 Å². The smallest absolute Gasteiger partial charge is 0.230 e. The molecule has 3 aromatic heterocycles. The lowest BCUT2D eigenvalue weighted by Crippen LogP contribution is -2.15. The first-order valence-corrected chi connectivity index (χ1v) is 7.96. The number of carbonyl (C=O) groups excluding carboxylic acids is 1. The van der Waals surface area contributed by atoms with Crippen LogP contribution in [0, 0.1) is 0 Å². The predicted octanol–water partition coefficient (Wildman–Crippen LogP) is 2.73. The third-order valence-corrected chi connectivity index (χ3v) is 3.95. The largest absolute Gasteiger partial charge is 0.365 e. The van der Waals surface area contributed by atoms with Crippen molar-refractivity contribution in [3.63, 3.8) is 0 Å². The number of amides is 1. The van der Waals surface area contributed by atoms with E-state index in [-0.39, 0.29) is 5.91 Å². The Bertz CT molecular complexity index is 744. The van der Waals surface area contributed by atoms with Crippen molar-refractivity contribution < 1.29 is 4.79 Å². The molecule has 3 rings (SSSR count). The summed E-state index contributed by atoms with van der Waals surface area (Å²) in [6, 6.07) is 11.2. The number of thiophene rings is 1. The molecule has 116 valence electrons. The van der Waals surface area contributed by atoms with Gasteiger partial charge in [0.2, 0.25) is 5.91 Å². The maximum Gasteiger partial charge on any atom is 0.230 e. The van der Waals surface area contributed by atoms with Gasteiger partial charge in [0.25, 0.3) is 0 Å². The molecule has 0 aromatic carbocycles. The van der Waals surface area contributed by atoms with Crippen LogP contribution in [0.1, 0.15) is 10.4 Å². The van der Waals surface area contributed by atoms with E-state index in [1.807, 2.05) is 29.6 Å². The van der Waals surface area contributed by atoms with Gasteiger partial charge in [-0.1, -0.05) is 6.07 Å². The van der Waals surface area contributed by atoms with Crippen LogP contribution in [0.15, 0.2) is 54.2 Å². The predicted molar refractivity (Wildman–Crippen MR) is 90.2 cm³/mol. The maximum atomic E-state index is 11.9. The molecule has 0 saturated heterocycles. The van der Waals surface area contributed by atoms with Crippen molar-refractivity contribution in [3.05, 3.63) is 64.6 Å². The summed E-state index contributed by atoms with van der Waals surface area (Å²) in [5.74, 6) is 0.998. The first-order chi connectivity index (χ1) is 11.3. The van der Waals surface area contributed by atoms with Crippen molar-refractivity contribution in [2.24, 2.45) is 0 Å². The number of rotatable bonds is 6. The molecular weight excluding hydrogens is 310 g/mol. The van der Waals surface area contributed by atoms with Crippen LogP contribution >= 0.6 is 11.3 Å². The first kappa shape index (κ1) is 15.1. The van der Waals surface area contributed by atoms with E-state index >= 15 is 0 Å². The zero-order valence-corrected chi connectivity index (χ0v) is 13.1. The van der Waals surface area contributed by atoms with Crippen molar-refractivity contribution in [2.45, 2.75) is 13.0 Å². The average molecular weight is 325 g/mol. The Morgan fingerprint density at radius 1 is 1.04 bits per heavy atom. The van der Waals surface area contributed by atoms with Crippen LogP contribution in [0.25, 0.3) is 0 Å². The Morgan fingerprint density at radius 3 is 2.52 bits per heavy atom. The molecule has 0 unspecified atom stereocenters. The molecular formula is C16H15N5OS. The van der Waals surface area contributed by atoms with E-state index in [0.29, 0.717) is 24.6 Å². The fraction of sp³-hybridized carbons (Fsp3) is 0.125. The topological polar surface area (TPSA) is 79.8 Å². The number of aromatic nitrogens is 3. The van der Waals surface area contributed by atoms with Crippen LogP contribution in [-0.4, -0.2) is 21.1 Å². The van der Waals surface area contributed by atoms with Gasteiger partial charge >= 0.3 is 0 Å². The third kappa shape index (κ3) is 4.58. The van der Waals surface area contributed by atoms with E-state index in [0.717, 1.165) is 10.4 Å². The lowest BCUT2D eigenvalue weighted by atomic mass is 10.3. The van der Waals surface area contributed by atoms with E-state index < -0.39 is 0 Å². The lowest BCUT2D eigenvalue weighted by molar-refractivity contribution is -0.115. The van der Waals surface area contributed by atoms with Gasteiger partial charge in [-0.15, -0.1) is 21.5 Å². The first-order valence-electron chi connectivity index (χ1n) is 7.08. The van der Waals surface area contributed by atoms with E-state index in [1.54, 1.807) is 35.9 Å². The van der Waals surface area contributed by atoms with Crippen LogP contribution in [0.3, 0.4) is 0 Å². The molecule has 1 amide bonds. The van der Waals surface area contributed by atoms with Gasteiger partial charge < -0.3 is 10.6 Å². The van der Waals surface area contributed by atoms with E-state index in [1.165, 1.54) is 0 Å². The molecule has 7 heteroatoms. The van der Waals surface area contributed by atoms with Gasteiger partial charge in [-0.3, -0.25) is 9.78 Å². The average Bonchev–Trinajstić information content (AvgIpc) is 3.08. The normalized spacial score (nSPS) is 10.3. The summed E-state index contributed by atoms with van der Waals surface area (Å²) in [4.78, 5) is 16.9. The van der Waals surface area contributed by atoms with Crippen molar-refractivity contribution in [1.82, 2.24) is 15.2 Å². The molecule has 0 aliphatic carbocycles. The number of nitrogens with one attached hydrogen (secondary N) is 2. The van der Waals surface area contributed by atoms with Crippen LogP contribution in [0.4, 0.5) is 11.6 Å². The number of nitrogens with zero attached hydrogens (tertiary/aromatic N) is 3. The third-order valence-electron chi connectivity index (χ3n) is 3.07. The van der Waals surface area contributed by atoms with E-state index in [2.05, 4.69) is 25.8 Å². The second-order valence-corrected chi connectivity index (χ2v) is 5.85. The SMILES string of the molecule is O=C(Cc1cccs1)Nc1ccc(NCc2ccncc2)nn1. The molecule has 0 saturated carbocycles. The summed E-state index contributed by atoms with van der Waals surface area (Å²) in [6.45, 7) is 0.640. The molecule has 23 heavy (non-hydrogen) atoms. The second kappa shape index (κ2) is 7.46. The molecule has 0 aliphatic rings. The molecule has 0 aliphatic heterocycles. The molecule has 3 aromatic rings. The van der Waals surface area contributed by atoms with Gasteiger partial charge in [0, 0.05) is 23.8 Å². The number of hydrogen-bond acceptors (Lipinski definition) is 6. The fourth-order valence-corrected chi connectivity index (χ4v) is 2.65. The monoisotopic (exact) mass is 325 g/mol. The van der Waals surface area contributed by atoms with Gasteiger partial charge in [-0.2, -0.15) is 0 Å². The highest BCUT2D eigenvalue weighted by Gasteiger charge is 2.06. The molecule has 0 bridgehead atoms. The van der Waals surface area contributed by atoms with Gasteiger partial charge in [0.15, 0.2) is 5.82 Å². The summed E-state index contributed by atoms with van der Waals surface area (Å²) in [5.41, 5.74) is 1.11. The molecule has 2 N–H and O–H groups in total. The van der Waals surface area contributed by atoms with Crippen LogP contribution < -0.4 is 10.6 Å². The van der Waals surface area contributed by atoms with E-state index in [4.69, 9.17) is 0 Å². The van der Waals surface area contributed by atoms with Crippen LogP contribution in [0.5, 0.6) is 0 Å². The highest BCUT2D eigenvalue weighted by Crippen LogP contribution is 2.11. The zero-order chi connectivity index (χ0) is 15.9. The summed E-state index contributed by atoms with van der Waals surface area (Å²) in [6.07, 6.45) is 3.84. The zero-order valence-electron chi connectivity index (χ0n) is 12.3. The van der Waals surface area contributed by atoms with Crippen LogP contribution in [-0.2, 0) is 17.8 Å². The van der Waals surface area contributed by atoms with Gasteiger partial charge in [-0.25, -0.2) is 0 Å². The summed E-state index contributed by atoms with van der Waals surface area (Å²) < 4.78 is 0. The van der Waals surface area contributed by atoms with E-state index in [9.17, 15) is 4.79 Å².